The van der Waals surface area contributed by atoms with Gasteiger partial charge in [-0.3, -0.25) is 0 Å². The second-order valence-corrected chi connectivity index (χ2v) is 17.6. The van der Waals surface area contributed by atoms with Gasteiger partial charge in [-0.15, -0.1) is 0 Å². The van der Waals surface area contributed by atoms with Crippen molar-refractivity contribution in [2.45, 2.75) is 48.0 Å². The van der Waals surface area contributed by atoms with Gasteiger partial charge < -0.3 is 18.6 Å². The minimum atomic E-state index is -0.141. The van der Waals surface area contributed by atoms with E-state index in [9.17, 15) is 0 Å². The molecule has 60 heavy (non-hydrogen) atoms. The maximum Gasteiger partial charge on any atom is 0.299 e. The van der Waals surface area contributed by atoms with Gasteiger partial charge in [0, 0.05) is 49.5 Å². The zero-order valence-corrected chi connectivity index (χ0v) is 33.8. The van der Waals surface area contributed by atoms with Crippen LogP contribution in [0.15, 0.2) is 189 Å². The van der Waals surface area contributed by atoms with Crippen LogP contribution in [0, 0.1) is 0 Å². The molecule has 0 amide bonds. The highest BCUT2D eigenvalue weighted by molar-refractivity contribution is 8.00. The second kappa shape index (κ2) is 13.5. The molecule has 0 N–H and O–H groups in total. The maximum atomic E-state index is 7.49. The lowest BCUT2D eigenvalue weighted by Crippen LogP contribution is -2.59. The summed E-state index contributed by atoms with van der Waals surface area (Å²) in [4.78, 5) is 6.17. The zero-order chi connectivity index (χ0) is 39.3. The Morgan fingerprint density at radius 3 is 2.07 bits per heavy atom. The lowest BCUT2D eigenvalue weighted by molar-refractivity contribution is 0.443. The highest BCUT2D eigenvalue weighted by Gasteiger charge is 2.47. The molecule has 0 bridgehead atoms. The van der Waals surface area contributed by atoms with E-state index in [2.05, 4.69) is 180 Å². The van der Waals surface area contributed by atoms with Crippen molar-refractivity contribution >= 4 is 113 Å². The van der Waals surface area contributed by atoms with Gasteiger partial charge in [0.15, 0.2) is 5.09 Å². The van der Waals surface area contributed by atoms with Crippen LogP contribution in [0.1, 0.15) is 43.6 Å². The van der Waals surface area contributed by atoms with Crippen LogP contribution in [0.25, 0.3) is 43.5 Å². The molecule has 4 heterocycles. The molecule has 10 aromatic rings. The molecule has 8 aromatic carbocycles. The molecule has 4 nitrogen and oxygen atoms in total. The first-order valence-electron chi connectivity index (χ1n) is 21.3. The van der Waals surface area contributed by atoms with Crippen LogP contribution in [0.5, 0.6) is 0 Å². The Kier molecular flexibility index (Phi) is 7.68. The number of furan rings is 2. The van der Waals surface area contributed by atoms with E-state index >= 15 is 0 Å². The molecule has 0 atom stereocenters. The molecule has 286 valence electrons. The van der Waals surface area contributed by atoms with Crippen molar-refractivity contribution in [2.24, 2.45) is 0 Å². The van der Waals surface area contributed by atoms with E-state index < -0.39 is 0 Å². The van der Waals surface area contributed by atoms with Gasteiger partial charge in [0.05, 0.1) is 11.3 Å². The largest absolute Gasteiger partial charge is 0.467 e. The predicted molar refractivity (Wildman–Crippen MR) is 251 cm³/mol. The summed E-state index contributed by atoms with van der Waals surface area (Å²) < 4.78 is 14.3. The summed E-state index contributed by atoms with van der Waals surface area (Å²) in [5.74, 6) is 0.524. The van der Waals surface area contributed by atoms with E-state index in [0.717, 1.165) is 66.5 Å². The molecule has 13 rings (SSSR count). The number of rotatable bonds is 5. The third-order valence-corrected chi connectivity index (χ3v) is 14.3. The van der Waals surface area contributed by atoms with Crippen molar-refractivity contribution in [3.05, 3.63) is 175 Å². The first-order valence-corrected chi connectivity index (χ1v) is 22.1. The highest BCUT2D eigenvalue weighted by Crippen LogP contribution is 2.50. The van der Waals surface area contributed by atoms with E-state index in [1.165, 1.54) is 75.3 Å². The Hall–Kier alpha value is -6.63. The fraction of sp³-hybridized carbons (Fsp3) is 0.111. The van der Waals surface area contributed by atoms with Crippen LogP contribution in [0.2, 0.25) is 0 Å². The van der Waals surface area contributed by atoms with Crippen molar-refractivity contribution in [1.82, 2.24) is 0 Å². The van der Waals surface area contributed by atoms with E-state index in [-0.39, 0.29) is 6.71 Å². The van der Waals surface area contributed by atoms with Crippen LogP contribution >= 0.6 is 11.8 Å². The van der Waals surface area contributed by atoms with Crippen LogP contribution in [-0.2, 0) is 0 Å². The van der Waals surface area contributed by atoms with E-state index in [1.807, 2.05) is 0 Å². The molecule has 2 aromatic heterocycles. The van der Waals surface area contributed by atoms with Crippen LogP contribution in [0.3, 0.4) is 0 Å². The minimum absolute atomic E-state index is 0.141. The molecule has 2 aliphatic heterocycles. The second-order valence-electron chi connectivity index (χ2n) is 16.6. The summed E-state index contributed by atoms with van der Waals surface area (Å²) in [6.45, 7) is -0.141. The molecule has 3 aliphatic rings. The highest BCUT2D eigenvalue weighted by atomic mass is 32.2. The SMILES string of the molecule is c1ccc(N(c2ccccc2)c2cccc(N3c4cc(C5CCCCC5)cc5c4B(c4oc6c(ccc7c8ccccc8ccc76)c43)c3c(oc4ccccc34)S5)c2)cc1. The summed E-state index contributed by atoms with van der Waals surface area (Å²) >= 11 is 1.80. The van der Waals surface area contributed by atoms with Crippen LogP contribution < -0.4 is 26.4 Å². The Balaban J connectivity index is 1.12. The Labute approximate surface area is 353 Å². The topological polar surface area (TPSA) is 32.8 Å². The van der Waals surface area contributed by atoms with Gasteiger partial charge in [-0.2, -0.15) is 0 Å². The molecule has 0 unspecified atom stereocenters. The number of hydrogen-bond acceptors (Lipinski definition) is 5. The standard InChI is InChI=1S/C54H39BN2O2S/c1-4-15-34(16-5-1)36-31-46-50-48(32-36)60-54-49(44-25-12-13-26-47(44)58-54)55(50)53-51(45-30-29-42-41-24-11-10-17-35(41)27-28-43(42)52(45)59-53)57(46)40-23-14-22-39(33-40)56(37-18-6-2-7-19-37)38-20-8-3-9-21-38/h2-3,6-14,17-34H,1,4-5,15-16H2. The quantitative estimate of drug-likeness (QED) is 0.128. The number of para-hydroxylation sites is 3. The van der Waals surface area contributed by atoms with Gasteiger partial charge in [0.2, 0.25) is 0 Å². The third kappa shape index (κ3) is 5.13. The fourth-order valence-corrected chi connectivity index (χ4v) is 11.8. The molecular weight excluding hydrogens is 751 g/mol. The summed E-state index contributed by atoms with van der Waals surface area (Å²) in [5, 5.41) is 8.03. The van der Waals surface area contributed by atoms with Crippen molar-refractivity contribution in [2.75, 3.05) is 9.80 Å². The average molecular weight is 791 g/mol. The Morgan fingerprint density at radius 1 is 0.550 bits per heavy atom. The molecule has 0 radical (unpaired) electrons. The van der Waals surface area contributed by atoms with Crippen molar-refractivity contribution in [1.29, 1.82) is 0 Å². The van der Waals surface area contributed by atoms with E-state index in [4.69, 9.17) is 8.83 Å². The first-order chi connectivity index (χ1) is 29.8. The number of hydrogen-bond donors (Lipinski definition) is 0. The van der Waals surface area contributed by atoms with Gasteiger partial charge in [0.1, 0.15) is 11.2 Å². The van der Waals surface area contributed by atoms with Gasteiger partial charge in [-0.25, -0.2) is 0 Å². The van der Waals surface area contributed by atoms with Crippen molar-refractivity contribution in [3.8, 4) is 0 Å². The summed E-state index contributed by atoms with van der Waals surface area (Å²) in [6.07, 6.45) is 6.32. The minimum Gasteiger partial charge on any atom is -0.467 e. The third-order valence-electron chi connectivity index (χ3n) is 13.3. The van der Waals surface area contributed by atoms with Gasteiger partial charge in [0.25, 0.3) is 6.71 Å². The molecule has 1 aliphatic carbocycles. The smallest absolute Gasteiger partial charge is 0.299 e. The van der Waals surface area contributed by atoms with Gasteiger partial charge in [-0.1, -0.05) is 128 Å². The normalized spacial score (nSPS) is 14.8. The van der Waals surface area contributed by atoms with Gasteiger partial charge in [-0.05, 0) is 124 Å². The number of anilines is 6. The monoisotopic (exact) mass is 790 g/mol. The van der Waals surface area contributed by atoms with Crippen LogP contribution in [-0.4, -0.2) is 6.71 Å². The molecule has 0 saturated heterocycles. The first kappa shape index (κ1) is 34.3. The fourth-order valence-electron chi connectivity index (χ4n) is 10.6. The summed E-state index contributed by atoms with van der Waals surface area (Å²) in [5.41, 5.74) is 13.5. The number of benzene rings is 8. The van der Waals surface area contributed by atoms with Crippen molar-refractivity contribution < 1.29 is 8.83 Å². The summed E-state index contributed by atoms with van der Waals surface area (Å²) in [6, 6.07) is 61.9. The van der Waals surface area contributed by atoms with E-state index in [0.29, 0.717) is 5.92 Å². The van der Waals surface area contributed by atoms with Crippen molar-refractivity contribution in [3.63, 3.8) is 0 Å². The van der Waals surface area contributed by atoms with Crippen LogP contribution in [0.4, 0.5) is 34.1 Å². The number of fused-ring (bicyclic) bond motifs is 12. The maximum absolute atomic E-state index is 7.49. The molecule has 1 saturated carbocycles. The van der Waals surface area contributed by atoms with E-state index in [1.54, 1.807) is 11.8 Å². The van der Waals surface area contributed by atoms with Gasteiger partial charge >= 0.3 is 0 Å². The summed E-state index contributed by atoms with van der Waals surface area (Å²) in [7, 11) is 0. The lowest BCUT2D eigenvalue weighted by atomic mass is 9.37. The Bertz CT molecular complexity index is 3270. The lowest BCUT2D eigenvalue weighted by Gasteiger charge is -2.38. The Morgan fingerprint density at radius 2 is 1.25 bits per heavy atom. The molecular formula is C54H39BN2O2S. The average Bonchev–Trinajstić information content (AvgIpc) is 3.89. The predicted octanol–water partition coefficient (Wildman–Crippen LogP) is 13.8. The molecule has 0 spiro atoms. The zero-order valence-electron chi connectivity index (χ0n) is 33.0. The molecule has 1 fully saturated rings. The number of nitrogens with zero attached hydrogens (tertiary/aromatic N) is 2. The molecule has 6 heteroatoms.